The van der Waals surface area contributed by atoms with Gasteiger partial charge in [-0.15, -0.1) is 0 Å². The van der Waals surface area contributed by atoms with Crippen LogP contribution in [0.2, 0.25) is 5.02 Å². The number of hydrogen-bond donors (Lipinski definition) is 1. The minimum absolute atomic E-state index is 0.214. The zero-order chi connectivity index (χ0) is 12.4. The van der Waals surface area contributed by atoms with E-state index in [1.54, 1.807) is 18.2 Å². The molecule has 0 radical (unpaired) electrons. The van der Waals surface area contributed by atoms with Crippen molar-refractivity contribution in [1.29, 1.82) is 0 Å². The molecule has 5 nitrogen and oxygen atoms in total. The average molecular weight is 251 g/mol. The second-order valence-corrected chi connectivity index (χ2v) is 3.66. The molecule has 17 heavy (non-hydrogen) atoms. The summed E-state index contributed by atoms with van der Waals surface area (Å²) < 4.78 is 0.470. The van der Waals surface area contributed by atoms with E-state index in [-0.39, 0.29) is 10.6 Å². The van der Waals surface area contributed by atoms with Crippen LogP contribution >= 0.6 is 11.6 Å². The lowest BCUT2D eigenvalue weighted by atomic mass is 10.2. The molecule has 0 saturated heterocycles. The van der Waals surface area contributed by atoms with Crippen molar-refractivity contribution in [2.24, 2.45) is 0 Å². The predicted octanol–water partition coefficient (Wildman–Crippen LogP) is 0.878. The molecule has 0 saturated carbocycles. The van der Waals surface area contributed by atoms with Crippen LogP contribution in [0.4, 0.5) is 0 Å². The normalized spacial score (nSPS) is 10.2. The van der Waals surface area contributed by atoms with Gasteiger partial charge in [0.2, 0.25) is 0 Å². The predicted molar refractivity (Wildman–Crippen MR) is 62.5 cm³/mol. The molecule has 0 aliphatic carbocycles. The Morgan fingerprint density at radius 2 is 1.82 bits per heavy atom. The van der Waals surface area contributed by atoms with Crippen LogP contribution in [0.15, 0.2) is 46.1 Å². The molecule has 2 aromatic rings. The highest BCUT2D eigenvalue weighted by Gasteiger charge is 2.14. The maximum Gasteiger partial charge on any atom is 0.335 e. The molecule has 0 aliphatic heterocycles. The van der Waals surface area contributed by atoms with Crippen molar-refractivity contribution in [2.45, 2.75) is 0 Å². The van der Waals surface area contributed by atoms with E-state index in [4.69, 9.17) is 11.6 Å². The highest BCUT2D eigenvalue weighted by Crippen LogP contribution is 2.00. The van der Waals surface area contributed by atoms with E-state index >= 15 is 0 Å². The second kappa shape index (κ2) is 4.39. The number of nitrogens with one attached hydrogen (secondary N) is 1. The minimum Gasteiger partial charge on any atom is -0.312 e. The van der Waals surface area contributed by atoms with E-state index in [2.05, 4.69) is 4.98 Å². The van der Waals surface area contributed by atoms with Gasteiger partial charge in [-0.1, -0.05) is 29.8 Å². The summed E-state index contributed by atoms with van der Waals surface area (Å²) in [5.74, 6) is -0.709. The third-order valence-corrected chi connectivity index (χ3v) is 2.43. The van der Waals surface area contributed by atoms with Crippen molar-refractivity contribution in [2.75, 3.05) is 0 Å². The number of carbonyl (C=O) groups is 1. The van der Waals surface area contributed by atoms with Crippen molar-refractivity contribution >= 4 is 17.5 Å². The Hall–Kier alpha value is -2.14. The van der Waals surface area contributed by atoms with Crippen molar-refractivity contribution < 1.29 is 4.79 Å². The lowest BCUT2D eigenvalue weighted by molar-refractivity contribution is 0.0950. The Morgan fingerprint density at radius 3 is 2.47 bits per heavy atom. The SMILES string of the molecule is O=C(c1ccccc1)n1c(=O)[nH]cc(Cl)c1=O. The number of rotatable bonds is 1. The van der Waals surface area contributed by atoms with Crippen LogP contribution in [0, 0.1) is 0 Å². The molecular formula is C11H7ClN2O3. The summed E-state index contributed by atoms with van der Waals surface area (Å²) in [6.07, 6.45) is 1.06. The number of hydrogen-bond acceptors (Lipinski definition) is 3. The number of carbonyl (C=O) groups excluding carboxylic acids is 1. The Balaban J connectivity index is 2.64. The third kappa shape index (κ3) is 2.05. The maximum atomic E-state index is 11.9. The number of aromatic nitrogens is 2. The fourth-order valence-corrected chi connectivity index (χ4v) is 1.48. The zero-order valence-corrected chi connectivity index (χ0v) is 9.27. The molecule has 1 heterocycles. The van der Waals surface area contributed by atoms with E-state index in [1.807, 2.05) is 0 Å². The first-order valence-electron chi connectivity index (χ1n) is 4.71. The number of halogens is 1. The van der Waals surface area contributed by atoms with Gasteiger partial charge in [0.1, 0.15) is 5.02 Å². The smallest absolute Gasteiger partial charge is 0.312 e. The topological polar surface area (TPSA) is 71.9 Å². The quantitative estimate of drug-likeness (QED) is 0.817. The van der Waals surface area contributed by atoms with Gasteiger partial charge in [0, 0.05) is 11.8 Å². The van der Waals surface area contributed by atoms with Gasteiger partial charge in [0.25, 0.3) is 11.5 Å². The first-order valence-corrected chi connectivity index (χ1v) is 5.09. The summed E-state index contributed by atoms with van der Waals surface area (Å²) in [4.78, 5) is 37.2. The molecule has 0 bridgehead atoms. The molecule has 1 aromatic heterocycles. The van der Waals surface area contributed by atoms with Crippen LogP contribution in [0.1, 0.15) is 10.4 Å². The standard InChI is InChI=1S/C11H7ClN2O3/c12-8-6-13-11(17)14(10(8)16)9(15)7-4-2-1-3-5-7/h1-6H,(H,13,17). The Morgan fingerprint density at radius 1 is 1.18 bits per heavy atom. The van der Waals surface area contributed by atoms with Gasteiger partial charge in [-0.05, 0) is 12.1 Å². The van der Waals surface area contributed by atoms with Gasteiger partial charge >= 0.3 is 5.69 Å². The van der Waals surface area contributed by atoms with Crippen LogP contribution in [-0.2, 0) is 0 Å². The van der Waals surface area contributed by atoms with Crippen molar-refractivity contribution in [3.8, 4) is 0 Å². The van der Waals surface area contributed by atoms with E-state index in [0.717, 1.165) is 6.20 Å². The van der Waals surface area contributed by atoms with Crippen LogP contribution < -0.4 is 11.2 Å². The molecule has 1 aromatic carbocycles. The van der Waals surface area contributed by atoms with Crippen LogP contribution in [0.25, 0.3) is 0 Å². The Bertz CT molecular complexity index is 673. The molecule has 0 aliphatic rings. The average Bonchev–Trinajstić information content (AvgIpc) is 2.35. The summed E-state index contributed by atoms with van der Waals surface area (Å²) >= 11 is 5.56. The molecule has 86 valence electrons. The number of aromatic amines is 1. The number of nitrogens with zero attached hydrogens (tertiary/aromatic N) is 1. The summed E-state index contributed by atoms with van der Waals surface area (Å²) in [7, 11) is 0. The molecular weight excluding hydrogens is 244 g/mol. The fraction of sp³-hybridized carbons (Fsp3) is 0. The maximum absolute atomic E-state index is 11.9. The summed E-state index contributed by atoms with van der Waals surface area (Å²) in [6, 6.07) is 8.01. The minimum atomic E-state index is -0.829. The van der Waals surface area contributed by atoms with Crippen LogP contribution in [0.3, 0.4) is 0 Å². The molecule has 1 N–H and O–H groups in total. The van der Waals surface area contributed by atoms with E-state index < -0.39 is 17.2 Å². The van der Waals surface area contributed by atoms with Gasteiger partial charge in [0.05, 0.1) is 0 Å². The molecule has 0 fully saturated rings. The molecule has 0 spiro atoms. The highest BCUT2D eigenvalue weighted by molar-refractivity contribution is 6.30. The van der Waals surface area contributed by atoms with Crippen LogP contribution in [-0.4, -0.2) is 15.5 Å². The number of H-pyrrole nitrogens is 1. The van der Waals surface area contributed by atoms with Gasteiger partial charge in [-0.25, -0.2) is 4.79 Å². The Labute approximate surface area is 100 Å². The Kier molecular flexibility index (Phi) is 2.93. The molecule has 0 amide bonds. The van der Waals surface area contributed by atoms with Crippen molar-refractivity contribution in [1.82, 2.24) is 9.55 Å². The monoisotopic (exact) mass is 250 g/mol. The second-order valence-electron chi connectivity index (χ2n) is 3.25. The molecule has 0 atom stereocenters. The lowest BCUT2D eigenvalue weighted by Crippen LogP contribution is -2.39. The van der Waals surface area contributed by atoms with Gasteiger partial charge < -0.3 is 4.98 Å². The highest BCUT2D eigenvalue weighted by atomic mass is 35.5. The lowest BCUT2D eigenvalue weighted by Gasteiger charge is -2.02. The first kappa shape index (κ1) is 11.3. The summed E-state index contributed by atoms with van der Waals surface area (Å²) in [5.41, 5.74) is -1.40. The molecule has 0 unspecified atom stereocenters. The fourth-order valence-electron chi connectivity index (χ4n) is 1.34. The first-order chi connectivity index (χ1) is 8.11. The van der Waals surface area contributed by atoms with Gasteiger partial charge in [0.15, 0.2) is 0 Å². The molecule has 6 heteroatoms. The van der Waals surface area contributed by atoms with E-state index in [1.165, 1.54) is 12.1 Å². The third-order valence-electron chi connectivity index (χ3n) is 2.16. The van der Waals surface area contributed by atoms with Gasteiger partial charge in [-0.2, -0.15) is 4.57 Å². The van der Waals surface area contributed by atoms with E-state index in [0.29, 0.717) is 4.57 Å². The van der Waals surface area contributed by atoms with Gasteiger partial charge in [-0.3, -0.25) is 9.59 Å². The van der Waals surface area contributed by atoms with Crippen LogP contribution in [0.5, 0.6) is 0 Å². The number of benzene rings is 1. The van der Waals surface area contributed by atoms with E-state index in [9.17, 15) is 14.4 Å². The largest absolute Gasteiger partial charge is 0.335 e. The zero-order valence-electron chi connectivity index (χ0n) is 8.51. The summed E-state index contributed by atoms with van der Waals surface area (Å²) in [6.45, 7) is 0. The van der Waals surface area contributed by atoms with Crippen molar-refractivity contribution in [3.63, 3.8) is 0 Å². The molecule has 2 rings (SSSR count). The summed E-state index contributed by atoms with van der Waals surface area (Å²) in [5, 5.41) is -0.214. The van der Waals surface area contributed by atoms with Crippen molar-refractivity contribution in [3.05, 3.63) is 68.0 Å².